The first-order valence-electron chi connectivity index (χ1n) is 6.32. The minimum atomic E-state index is -0.822. The van der Waals surface area contributed by atoms with Gasteiger partial charge in [-0.25, -0.2) is 13.8 Å². The van der Waals surface area contributed by atoms with Crippen molar-refractivity contribution in [2.75, 3.05) is 0 Å². The van der Waals surface area contributed by atoms with Gasteiger partial charge in [0.05, 0.1) is 11.1 Å². The molecule has 22 heavy (non-hydrogen) atoms. The zero-order valence-corrected chi connectivity index (χ0v) is 11.9. The average molecular weight is 319 g/mol. The van der Waals surface area contributed by atoms with Crippen LogP contribution in [0.3, 0.4) is 0 Å². The summed E-state index contributed by atoms with van der Waals surface area (Å²) in [5.74, 6) is -2.42. The number of carbonyl (C=O) groups is 1. The van der Waals surface area contributed by atoms with E-state index in [0.29, 0.717) is 10.9 Å². The van der Waals surface area contributed by atoms with Gasteiger partial charge in [-0.05, 0) is 29.8 Å². The van der Waals surface area contributed by atoms with Crippen molar-refractivity contribution in [1.29, 1.82) is 0 Å². The zero-order valence-electron chi connectivity index (χ0n) is 11.1. The van der Waals surface area contributed by atoms with Gasteiger partial charge in [0.2, 0.25) is 0 Å². The minimum absolute atomic E-state index is 0.0489. The predicted octanol–water partition coefficient (Wildman–Crippen LogP) is 3.93. The number of fused-ring (bicyclic) bond motifs is 1. The van der Waals surface area contributed by atoms with Crippen LogP contribution in [0.1, 0.15) is 10.5 Å². The Morgan fingerprint density at radius 2 is 1.73 bits per heavy atom. The molecule has 0 radical (unpaired) electrons. The quantitative estimate of drug-likeness (QED) is 0.778. The number of benzene rings is 2. The predicted molar refractivity (Wildman–Crippen MR) is 80.6 cm³/mol. The smallest absolute Gasteiger partial charge is 0.267 e. The topological polar surface area (TPSA) is 56.0 Å². The van der Waals surface area contributed by atoms with Crippen molar-refractivity contribution in [3.8, 4) is 11.1 Å². The third kappa shape index (κ3) is 2.40. The molecule has 1 heterocycles. The molecule has 0 unspecified atom stereocenters. The van der Waals surface area contributed by atoms with E-state index < -0.39 is 17.5 Å². The Balaban J connectivity index is 2.42. The molecule has 0 aliphatic rings. The molecule has 3 aromatic rings. The van der Waals surface area contributed by atoms with Crippen LogP contribution in [0.15, 0.2) is 42.5 Å². The second kappa shape index (κ2) is 5.35. The van der Waals surface area contributed by atoms with Crippen molar-refractivity contribution in [1.82, 2.24) is 4.98 Å². The monoisotopic (exact) mass is 318 g/mol. The zero-order chi connectivity index (χ0) is 15.9. The summed E-state index contributed by atoms with van der Waals surface area (Å²) < 4.78 is 28.4. The number of amides is 1. The van der Waals surface area contributed by atoms with Crippen molar-refractivity contribution in [2.24, 2.45) is 5.73 Å². The van der Waals surface area contributed by atoms with Gasteiger partial charge in [-0.2, -0.15) is 0 Å². The Kier molecular flexibility index (Phi) is 3.50. The highest BCUT2D eigenvalue weighted by atomic mass is 35.5. The molecule has 110 valence electrons. The van der Waals surface area contributed by atoms with Crippen LogP contribution in [0.5, 0.6) is 0 Å². The molecule has 1 amide bonds. The van der Waals surface area contributed by atoms with E-state index in [0.717, 1.165) is 12.1 Å². The number of para-hydroxylation sites is 1. The van der Waals surface area contributed by atoms with Crippen molar-refractivity contribution in [3.05, 3.63) is 64.8 Å². The lowest BCUT2D eigenvalue weighted by atomic mass is 9.99. The summed E-state index contributed by atoms with van der Waals surface area (Å²) in [6.45, 7) is 0. The van der Waals surface area contributed by atoms with Crippen LogP contribution in [-0.2, 0) is 0 Å². The Hall–Kier alpha value is -2.53. The lowest BCUT2D eigenvalue weighted by Gasteiger charge is -2.11. The van der Waals surface area contributed by atoms with E-state index in [9.17, 15) is 13.6 Å². The Morgan fingerprint density at radius 3 is 2.36 bits per heavy atom. The molecule has 0 aliphatic carbocycles. The second-order valence-electron chi connectivity index (χ2n) is 4.68. The molecule has 2 N–H and O–H groups in total. The SMILES string of the molecule is NC(=O)c1cc(-c2c(F)cc(Cl)cc2F)c2ccccc2n1. The normalized spacial score (nSPS) is 10.9. The maximum Gasteiger partial charge on any atom is 0.267 e. The maximum atomic E-state index is 14.2. The number of nitrogens with two attached hydrogens (primary N) is 1. The minimum Gasteiger partial charge on any atom is -0.364 e. The van der Waals surface area contributed by atoms with Crippen LogP contribution in [0.4, 0.5) is 8.78 Å². The fourth-order valence-corrected chi connectivity index (χ4v) is 2.50. The average Bonchev–Trinajstić information content (AvgIpc) is 2.45. The molecule has 0 fully saturated rings. The highest BCUT2D eigenvalue weighted by Crippen LogP contribution is 2.34. The number of rotatable bonds is 2. The summed E-state index contributed by atoms with van der Waals surface area (Å²) in [6, 6.07) is 10.0. The fourth-order valence-electron chi connectivity index (χ4n) is 2.31. The number of halogens is 3. The van der Waals surface area contributed by atoms with E-state index in [-0.39, 0.29) is 21.8 Å². The second-order valence-corrected chi connectivity index (χ2v) is 5.12. The number of aromatic nitrogens is 1. The lowest BCUT2D eigenvalue weighted by molar-refractivity contribution is 0.0996. The van der Waals surface area contributed by atoms with Gasteiger partial charge in [0.25, 0.3) is 5.91 Å². The van der Waals surface area contributed by atoms with Crippen LogP contribution in [0, 0.1) is 11.6 Å². The Morgan fingerprint density at radius 1 is 1.09 bits per heavy atom. The third-order valence-corrected chi connectivity index (χ3v) is 3.46. The molecule has 0 saturated heterocycles. The molecule has 0 saturated carbocycles. The van der Waals surface area contributed by atoms with Crippen molar-refractivity contribution < 1.29 is 13.6 Å². The summed E-state index contributed by atoms with van der Waals surface area (Å²) in [4.78, 5) is 15.5. The van der Waals surface area contributed by atoms with Gasteiger partial charge < -0.3 is 5.73 Å². The van der Waals surface area contributed by atoms with Gasteiger partial charge >= 0.3 is 0 Å². The van der Waals surface area contributed by atoms with Crippen LogP contribution in [0.2, 0.25) is 5.02 Å². The van der Waals surface area contributed by atoms with Gasteiger partial charge in [-0.15, -0.1) is 0 Å². The first-order chi connectivity index (χ1) is 10.5. The van der Waals surface area contributed by atoms with E-state index >= 15 is 0 Å². The summed E-state index contributed by atoms with van der Waals surface area (Å²) in [5.41, 5.74) is 5.52. The molecule has 3 rings (SSSR count). The standard InChI is InChI=1S/C16H9ClF2N2O/c17-8-5-11(18)15(12(19)6-8)10-7-14(16(20)22)21-13-4-2-1-3-9(10)13/h1-7H,(H2,20,22). The van der Waals surface area contributed by atoms with E-state index in [4.69, 9.17) is 17.3 Å². The summed E-state index contributed by atoms with van der Waals surface area (Å²) in [7, 11) is 0. The molecule has 1 aromatic heterocycles. The molecule has 2 aromatic carbocycles. The highest BCUT2D eigenvalue weighted by Gasteiger charge is 2.18. The summed E-state index contributed by atoms with van der Waals surface area (Å²) >= 11 is 5.64. The van der Waals surface area contributed by atoms with Gasteiger partial charge in [-0.3, -0.25) is 4.79 Å². The first-order valence-corrected chi connectivity index (χ1v) is 6.69. The molecule has 6 heteroatoms. The number of hydrogen-bond acceptors (Lipinski definition) is 2. The van der Waals surface area contributed by atoms with Gasteiger partial charge in [0, 0.05) is 10.4 Å². The number of hydrogen-bond donors (Lipinski definition) is 1. The lowest BCUT2D eigenvalue weighted by Crippen LogP contribution is -2.13. The van der Waals surface area contributed by atoms with Crippen LogP contribution >= 0.6 is 11.6 Å². The van der Waals surface area contributed by atoms with Crippen molar-refractivity contribution in [2.45, 2.75) is 0 Å². The molecule has 3 nitrogen and oxygen atoms in total. The highest BCUT2D eigenvalue weighted by molar-refractivity contribution is 6.30. The molecule has 0 bridgehead atoms. The van der Waals surface area contributed by atoms with Crippen molar-refractivity contribution >= 4 is 28.4 Å². The van der Waals surface area contributed by atoms with Gasteiger partial charge in [0.1, 0.15) is 17.3 Å². The fraction of sp³-hybridized carbons (Fsp3) is 0. The van der Waals surface area contributed by atoms with E-state index in [1.54, 1.807) is 24.3 Å². The Bertz CT molecular complexity index is 889. The van der Waals surface area contributed by atoms with Crippen LogP contribution in [-0.4, -0.2) is 10.9 Å². The third-order valence-electron chi connectivity index (χ3n) is 3.24. The van der Waals surface area contributed by atoms with E-state index in [1.807, 2.05) is 0 Å². The summed E-state index contributed by atoms with van der Waals surface area (Å²) in [6.07, 6.45) is 0. The van der Waals surface area contributed by atoms with E-state index in [2.05, 4.69) is 4.98 Å². The largest absolute Gasteiger partial charge is 0.364 e. The number of carbonyl (C=O) groups excluding carboxylic acids is 1. The Labute approximate surface area is 129 Å². The van der Waals surface area contributed by atoms with E-state index in [1.165, 1.54) is 6.07 Å². The maximum absolute atomic E-state index is 14.2. The molecular formula is C16H9ClF2N2O. The molecule has 0 atom stereocenters. The number of pyridine rings is 1. The molecular weight excluding hydrogens is 310 g/mol. The number of primary amides is 1. The van der Waals surface area contributed by atoms with Crippen molar-refractivity contribution in [3.63, 3.8) is 0 Å². The molecule has 0 aliphatic heterocycles. The first kappa shape index (κ1) is 14.4. The van der Waals surface area contributed by atoms with Crippen LogP contribution in [0.25, 0.3) is 22.0 Å². The van der Waals surface area contributed by atoms with Gasteiger partial charge in [-0.1, -0.05) is 29.8 Å². The van der Waals surface area contributed by atoms with Gasteiger partial charge in [0.15, 0.2) is 0 Å². The molecule has 0 spiro atoms. The van der Waals surface area contributed by atoms with Crippen LogP contribution < -0.4 is 5.73 Å². The summed E-state index contributed by atoms with van der Waals surface area (Å²) in [5, 5.41) is 0.458. The number of nitrogens with zero attached hydrogens (tertiary/aromatic N) is 1.